The Morgan fingerprint density at radius 2 is 1.85 bits per heavy atom. The number of fused-ring (bicyclic) bond motifs is 1. The molecule has 7 nitrogen and oxygen atoms in total. The average Bonchev–Trinajstić information content (AvgIpc) is 3.33. The molecule has 33 heavy (non-hydrogen) atoms. The molecule has 1 aliphatic rings. The van der Waals surface area contributed by atoms with Crippen molar-refractivity contribution >= 4 is 34.1 Å². The van der Waals surface area contributed by atoms with Crippen molar-refractivity contribution in [2.45, 2.75) is 44.8 Å². The van der Waals surface area contributed by atoms with E-state index in [1.165, 1.54) is 42.7 Å². The van der Waals surface area contributed by atoms with Crippen LogP contribution in [0.25, 0.3) is 0 Å². The maximum absolute atomic E-state index is 12.9. The molecule has 0 spiro atoms. The number of carbonyl (C=O) groups is 3. The number of aryl methyl sites for hydroxylation is 1. The Labute approximate surface area is 192 Å². The first kappa shape index (κ1) is 24.6. The van der Waals surface area contributed by atoms with E-state index < -0.39 is 36.4 Å². The molecule has 0 fully saturated rings. The predicted octanol–water partition coefficient (Wildman–Crippen LogP) is 4.17. The van der Waals surface area contributed by atoms with Gasteiger partial charge in [0.15, 0.2) is 0 Å². The van der Waals surface area contributed by atoms with Crippen LogP contribution in [-0.4, -0.2) is 37.7 Å². The summed E-state index contributed by atoms with van der Waals surface area (Å²) in [5, 5.41) is 4.81. The highest BCUT2D eigenvalue weighted by Gasteiger charge is 2.40. The van der Waals surface area contributed by atoms with E-state index in [2.05, 4.69) is 5.32 Å². The van der Waals surface area contributed by atoms with Crippen LogP contribution >= 0.6 is 11.3 Å². The molecule has 0 unspecified atom stereocenters. The molecule has 2 amide bonds. The third-order valence-corrected chi connectivity index (χ3v) is 6.33. The van der Waals surface area contributed by atoms with Gasteiger partial charge in [0.25, 0.3) is 0 Å². The Balaban J connectivity index is 1.82. The summed E-state index contributed by atoms with van der Waals surface area (Å²) in [4.78, 5) is 37.8. The molecule has 0 saturated heterocycles. The molecule has 3 rings (SSSR count). The molecular formula is C22H23F3N2O5S. The molecule has 2 N–H and O–H groups in total. The number of rotatable bonds is 8. The second kappa shape index (κ2) is 10.2. The zero-order chi connectivity index (χ0) is 24.2. The number of benzene rings is 1. The SMILES string of the molecule is CCOC(=O)c1c(NC(=O)C[C@@H](NC(=O)C(F)(F)F)c2ccc(OC)cc2)sc2c1CCC2. The first-order chi connectivity index (χ1) is 15.6. The fourth-order valence-electron chi connectivity index (χ4n) is 3.60. The van der Waals surface area contributed by atoms with Crippen LogP contribution < -0.4 is 15.4 Å². The Morgan fingerprint density at radius 3 is 2.45 bits per heavy atom. The lowest BCUT2D eigenvalue weighted by Crippen LogP contribution is -2.40. The number of hydrogen-bond acceptors (Lipinski definition) is 6. The minimum Gasteiger partial charge on any atom is -0.497 e. The van der Waals surface area contributed by atoms with Crippen LogP contribution in [0.15, 0.2) is 24.3 Å². The maximum atomic E-state index is 12.9. The fourth-order valence-corrected chi connectivity index (χ4v) is 4.90. The minimum atomic E-state index is -5.10. The van der Waals surface area contributed by atoms with E-state index in [-0.39, 0.29) is 6.61 Å². The van der Waals surface area contributed by atoms with E-state index in [1.807, 2.05) is 5.32 Å². The predicted molar refractivity (Wildman–Crippen MR) is 115 cm³/mol. The van der Waals surface area contributed by atoms with Gasteiger partial charge in [-0.25, -0.2) is 4.79 Å². The standard InChI is InChI=1S/C22H23F3N2O5S/c1-3-32-20(29)18-14-5-4-6-16(14)33-19(18)27-17(28)11-15(26-21(30)22(23,24)25)12-7-9-13(31-2)10-8-12/h7-10,15H,3-6,11H2,1-2H3,(H,26,30)(H,27,28)/t15-/m1/s1. The highest BCUT2D eigenvalue weighted by atomic mass is 32.1. The highest BCUT2D eigenvalue weighted by Crippen LogP contribution is 2.39. The van der Waals surface area contributed by atoms with Gasteiger partial charge in [-0.1, -0.05) is 12.1 Å². The Kier molecular flexibility index (Phi) is 7.62. The molecule has 178 valence electrons. The second-order valence-corrected chi connectivity index (χ2v) is 8.44. The first-order valence-corrected chi connectivity index (χ1v) is 11.1. The number of ether oxygens (including phenoxy) is 2. The van der Waals surface area contributed by atoms with Crippen LogP contribution in [-0.2, 0) is 27.2 Å². The quantitative estimate of drug-likeness (QED) is 0.549. The molecule has 1 aromatic heterocycles. The number of hydrogen-bond donors (Lipinski definition) is 2. The van der Waals surface area contributed by atoms with Gasteiger partial charge >= 0.3 is 18.1 Å². The van der Waals surface area contributed by atoms with E-state index in [0.717, 1.165) is 23.3 Å². The Morgan fingerprint density at radius 1 is 1.15 bits per heavy atom. The molecule has 0 radical (unpaired) electrons. The molecule has 11 heteroatoms. The molecule has 0 aliphatic heterocycles. The highest BCUT2D eigenvalue weighted by molar-refractivity contribution is 7.17. The van der Waals surface area contributed by atoms with Crippen LogP contribution in [0.5, 0.6) is 5.75 Å². The molecule has 0 bridgehead atoms. The van der Waals surface area contributed by atoms with E-state index >= 15 is 0 Å². The summed E-state index contributed by atoms with van der Waals surface area (Å²) in [5.41, 5.74) is 1.43. The van der Waals surface area contributed by atoms with Gasteiger partial charge in [0.2, 0.25) is 5.91 Å². The molecule has 1 atom stereocenters. The number of carbonyl (C=O) groups excluding carboxylic acids is 3. The molecule has 0 saturated carbocycles. The number of thiophene rings is 1. The van der Waals surface area contributed by atoms with Crippen molar-refractivity contribution in [1.82, 2.24) is 5.32 Å². The normalized spacial score (nSPS) is 13.7. The zero-order valence-electron chi connectivity index (χ0n) is 18.0. The van der Waals surface area contributed by atoms with Gasteiger partial charge in [0, 0.05) is 4.88 Å². The van der Waals surface area contributed by atoms with Crippen molar-refractivity contribution in [3.8, 4) is 5.75 Å². The molecule has 1 heterocycles. The molecular weight excluding hydrogens is 461 g/mol. The van der Waals surface area contributed by atoms with E-state index in [9.17, 15) is 27.6 Å². The van der Waals surface area contributed by atoms with Gasteiger partial charge in [-0.05, 0) is 49.4 Å². The number of halogens is 3. The van der Waals surface area contributed by atoms with Crippen molar-refractivity contribution in [2.75, 3.05) is 19.0 Å². The summed E-state index contributed by atoms with van der Waals surface area (Å²) in [6, 6.07) is 4.72. The zero-order valence-corrected chi connectivity index (χ0v) is 18.8. The van der Waals surface area contributed by atoms with Crippen LogP contribution in [0.2, 0.25) is 0 Å². The van der Waals surface area contributed by atoms with E-state index in [1.54, 1.807) is 6.92 Å². The third kappa shape index (κ3) is 5.84. The molecule has 2 aromatic rings. The van der Waals surface area contributed by atoms with Crippen molar-refractivity contribution < 1.29 is 37.0 Å². The average molecular weight is 484 g/mol. The third-order valence-electron chi connectivity index (χ3n) is 5.12. The van der Waals surface area contributed by atoms with E-state index in [0.29, 0.717) is 28.3 Å². The lowest BCUT2D eigenvalue weighted by atomic mass is 10.0. The summed E-state index contributed by atoms with van der Waals surface area (Å²) in [7, 11) is 1.44. The lowest BCUT2D eigenvalue weighted by molar-refractivity contribution is -0.174. The Bertz CT molecular complexity index is 1030. The van der Waals surface area contributed by atoms with Crippen molar-refractivity contribution in [2.24, 2.45) is 0 Å². The van der Waals surface area contributed by atoms with Crippen LogP contribution in [0.1, 0.15) is 52.2 Å². The van der Waals surface area contributed by atoms with Crippen LogP contribution in [0.3, 0.4) is 0 Å². The van der Waals surface area contributed by atoms with Gasteiger partial charge in [0.05, 0.1) is 31.7 Å². The number of esters is 1. The Hall–Kier alpha value is -3.08. The molecule has 1 aliphatic carbocycles. The van der Waals surface area contributed by atoms with Crippen LogP contribution in [0, 0.1) is 0 Å². The number of anilines is 1. The fraction of sp³-hybridized carbons (Fsp3) is 0.409. The van der Waals surface area contributed by atoms with Gasteiger partial charge in [-0.3, -0.25) is 9.59 Å². The lowest BCUT2D eigenvalue weighted by Gasteiger charge is -2.20. The van der Waals surface area contributed by atoms with E-state index in [4.69, 9.17) is 9.47 Å². The van der Waals surface area contributed by atoms with Gasteiger partial charge in [-0.15, -0.1) is 11.3 Å². The summed E-state index contributed by atoms with van der Waals surface area (Å²) < 4.78 is 48.7. The summed E-state index contributed by atoms with van der Waals surface area (Å²) >= 11 is 1.26. The van der Waals surface area contributed by atoms with Crippen molar-refractivity contribution in [3.63, 3.8) is 0 Å². The summed E-state index contributed by atoms with van der Waals surface area (Å²) in [6.07, 6.45) is -3.22. The minimum absolute atomic E-state index is 0.167. The summed E-state index contributed by atoms with van der Waals surface area (Å²) in [6.45, 7) is 1.84. The maximum Gasteiger partial charge on any atom is 0.471 e. The number of methoxy groups -OCH3 is 1. The number of alkyl halides is 3. The van der Waals surface area contributed by atoms with Gasteiger partial charge in [0.1, 0.15) is 10.8 Å². The molecule has 1 aromatic carbocycles. The monoisotopic (exact) mass is 484 g/mol. The largest absolute Gasteiger partial charge is 0.497 e. The summed E-state index contributed by atoms with van der Waals surface area (Å²) in [5.74, 6) is -2.89. The topological polar surface area (TPSA) is 93.7 Å². The number of nitrogens with one attached hydrogen (secondary N) is 2. The van der Waals surface area contributed by atoms with Crippen molar-refractivity contribution in [3.05, 3.63) is 45.8 Å². The van der Waals surface area contributed by atoms with Crippen LogP contribution in [0.4, 0.5) is 18.2 Å². The number of amides is 2. The van der Waals surface area contributed by atoms with Gasteiger partial charge < -0.3 is 20.1 Å². The smallest absolute Gasteiger partial charge is 0.471 e. The second-order valence-electron chi connectivity index (χ2n) is 7.33. The van der Waals surface area contributed by atoms with Crippen molar-refractivity contribution in [1.29, 1.82) is 0 Å². The van der Waals surface area contributed by atoms with Gasteiger partial charge in [-0.2, -0.15) is 13.2 Å². The first-order valence-electron chi connectivity index (χ1n) is 10.3.